The minimum Gasteiger partial charge on any atom is -0.454 e. The Bertz CT molecular complexity index is 1260. The molecule has 0 aliphatic carbocycles. The first-order valence-corrected chi connectivity index (χ1v) is 10.1. The number of carbonyl (C=O) groups excluding carboxylic acids is 1. The predicted molar refractivity (Wildman–Crippen MR) is 114 cm³/mol. The zero-order valence-corrected chi connectivity index (χ0v) is 16.3. The molecule has 30 heavy (non-hydrogen) atoms. The quantitative estimate of drug-likeness (QED) is 0.535. The zero-order chi connectivity index (χ0) is 20.1. The molecule has 3 heterocycles. The lowest BCUT2D eigenvalue weighted by Crippen LogP contribution is -2.40. The molecule has 5 heteroatoms. The standard InChI is InChI=1S/C25H20N2O3/c28-25(17-10-11-21-22(14-17)30-15-29-21)27-13-12-19-18-8-4-5-9-20(18)26-23(19)24(27)16-6-2-1-3-7-16/h1-11,14,24,26H,12-13,15H2. The third-order valence-electron chi connectivity index (χ3n) is 6.03. The summed E-state index contributed by atoms with van der Waals surface area (Å²) in [5.41, 5.74) is 5.22. The van der Waals surface area contributed by atoms with Gasteiger partial charge < -0.3 is 19.4 Å². The van der Waals surface area contributed by atoms with Gasteiger partial charge in [0.25, 0.3) is 5.91 Å². The van der Waals surface area contributed by atoms with Crippen molar-refractivity contribution < 1.29 is 14.3 Å². The number of hydrogen-bond donors (Lipinski definition) is 1. The number of rotatable bonds is 2. The van der Waals surface area contributed by atoms with Gasteiger partial charge in [-0.1, -0.05) is 48.5 Å². The molecule has 0 radical (unpaired) electrons. The van der Waals surface area contributed by atoms with Crippen LogP contribution < -0.4 is 9.47 Å². The second kappa shape index (κ2) is 6.66. The van der Waals surface area contributed by atoms with Crippen molar-refractivity contribution in [1.82, 2.24) is 9.88 Å². The van der Waals surface area contributed by atoms with Crippen LogP contribution in [0.25, 0.3) is 10.9 Å². The molecule has 2 aliphatic rings. The fourth-order valence-electron chi connectivity index (χ4n) is 4.64. The van der Waals surface area contributed by atoms with E-state index < -0.39 is 0 Å². The highest BCUT2D eigenvalue weighted by molar-refractivity contribution is 5.96. The molecule has 1 unspecified atom stereocenters. The summed E-state index contributed by atoms with van der Waals surface area (Å²) in [5.74, 6) is 1.30. The lowest BCUT2D eigenvalue weighted by atomic mass is 9.91. The maximum absolute atomic E-state index is 13.6. The number of carbonyl (C=O) groups is 1. The molecule has 2 aliphatic heterocycles. The number of nitrogens with zero attached hydrogens (tertiary/aromatic N) is 1. The van der Waals surface area contributed by atoms with Gasteiger partial charge in [-0.3, -0.25) is 4.79 Å². The van der Waals surface area contributed by atoms with E-state index in [1.165, 1.54) is 10.9 Å². The normalized spacial score (nSPS) is 17.2. The average Bonchev–Trinajstić information content (AvgIpc) is 3.42. The highest BCUT2D eigenvalue weighted by Gasteiger charge is 2.35. The summed E-state index contributed by atoms with van der Waals surface area (Å²) in [5, 5.41) is 1.24. The average molecular weight is 396 g/mol. The van der Waals surface area contributed by atoms with E-state index >= 15 is 0 Å². The molecule has 4 aromatic rings. The number of amides is 1. The molecule has 3 aromatic carbocycles. The highest BCUT2D eigenvalue weighted by atomic mass is 16.7. The van der Waals surface area contributed by atoms with Crippen LogP contribution in [-0.4, -0.2) is 29.1 Å². The van der Waals surface area contributed by atoms with Crippen LogP contribution in [0.1, 0.15) is 33.2 Å². The molecule has 148 valence electrons. The number of aromatic amines is 1. The van der Waals surface area contributed by atoms with Crippen molar-refractivity contribution in [1.29, 1.82) is 0 Å². The molecule has 0 spiro atoms. The van der Waals surface area contributed by atoms with Crippen LogP contribution in [0.5, 0.6) is 11.5 Å². The van der Waals surface area contributed by atoms with E-state index in [1.807, 2.05) is 41.3 Å². The lowest BCUT2D eigenvalue weighted by Gasteiger charge is -2.36. The molecule has 6 rings (SSSR count). The molecule has 1 aromatic heterocycles. The van der Waals surface area contributed by atoms with Crippen molar-refractivity contribution in [2.24, 2.45) is 0 Å². The second-order valence-electron chi connectivity index (χ2n) is 7.69. The largest absolute Gasteiger partial charge is 0.454 e. The van der Waals surface area contributed by atoms with Crippen LogP contribution >= 0.6 is 0 Å². The Morgan fingerprint density at radius 2 is 1.73 bits per heavy atom. The first-order chi connectivity index (χ1) is 14.8. The van der Waals surface area contributed by atoms with Gasteiger partial charge in [0.2, 0.25) is 6.79 Å². The van der Waals surface area contributed by atoms with E-state index in [-0.39, 0.29) is 18.7 Å². The summed E-state index contributed by atoms with van der Waals surface area (Å²) >= 11 is 0. The molecular weight excluding hydrogens is 376 g/mol. The van der Waals surface area contributed by atoms with Crippen LogP contribution in [0, 0.1) is 0 Å². The van der Waals surface area contributed by atoms with Gasteiger partial charge in [-0.2, -0.15) is 0 Å². The topological polar surface area (TPSA) is 54.6 Å². The number of hydrogen-bond acceptors (Lipinski definition) is 3. The maximum Gasteiger partial charge on any atom is 0.254 e. The summed E-state index contributed by atoms with van der Waals surface area (Å²) in [4.78, 5) is 19.2. The summed E-state index contributed by atoms with van der Waals surface area (Å²) in [7, 11) is 0. The summed E-state index contributed by atoms with van der Waals surface area (Å²) in [6.07, 6.45) is 0.818. The Kier molecular flexibility index (Phi) is 3.81. The Labute approximate surface area is 173 Å². The zero-order valence-electron chi connectivity index (χ0n) is 16.3. The molecule has 0 bridgehead atoms. The molecular formula is C25H20N2O3. The first kappa shape index (κ1) is 17.2. The Hall–Kier alpha value is -3.73. The van der Waals surface area contributed by atoms with E-state index in [9.17, 15) is 4.79 Å². The monoisotopic (exact) mass is 396 g/mol. The Balaban J connectivity index is 1.47. The van der Waals surface area contributed by atoms with E-state index in [0.29, 0.717) is 23.6 Å². The maximum atomic E-state index is 13.6. The SMILES string of the molecule is O=C(c1ccc2c(c1)OCO2)N1CCc2c([nH]c3ccccc23)C1c1ccccc1. The number of ether oxygens (including phenoxy) is 2. The third kappa shape index (κ3) is 2.59. The van der Waals surface area contributed by atoms with Crippen LogP contribution in [0.4, 0.5) is 0 Å². The van der Waals surface area contributed by atoms with Gasteiger partial charge in [-0.15, -0.1) is 0 Å². The minimum atomic E-state index is -0.166. The summed E-state index contributed by atoms with van der Waals surface area (Å²) in [6, 6.07) is 23.8. The van der Waals surface area contributed by atoms with Crippen molar-refractivity contribution in [3.63, 3.8) is 0 Å². The summed E-state index contributed by atoms with van der Waals surface area (Å²) in [6.45, 7) is 0.851. The first-order valence-electron chi connectivity index (χ1n) is 10.1. The molecule has 0 saturated carbocycles. The van der Waals surface area contributed by atoms with Crippen molar-refractivity contribution in [3.8, 4) is 11.5 Å². The predicted octanol–water partition coefficient (Wildman–Crippen LogP) is 4.68. The minimum absolute atomic E-state index is 0.00791. The van der Waals surface area contributed by atoms with Crippen molar-refractivity contribution >= 4 is 16.8 Å². The summed E-state index contributed by atoms with van der Waals surface area (Å²) < 4.78 is 10.9. The van der Waals surface area contributed by atoms with Crippen molar-refractivity contribution in [2.75, 3.05) is 13.3 Å². The van der Waals surface area contributed by atoms with Crippen LogP contribution in [-0.2, 0) is 6.42 Å². The van der Waals surface area contributed by atoms with Gasteiger partial charge in [0.05, 0.1) is 6.04 Å². The van der Waals surface area contributed by atoms with E-state index in [4.69, 9.17) is 9.47 Å². The Morgan fingerprint density at radius 3 is 2.63 bits per heavy atom. The fourth-order valence-corrected chi connectivity index (χ4v) is 4.64. The van der Waals surface area contributed by atoms with Crippen molar-refractivity contribution in [2.45, 2.75) is 12.5 Å². The van der Waals surface area contributed by atoms with E-state index in [2.05, 4.69) is 35.3 Å². The lowest BCUT2D eigenvalue weighted by molar-refractivity contribution is 0.0691. The molecule has 1 atom stereocenters. The molecule has 0 saturated heterocycles. The van der Waals surface area contributed by atoms with Gasteiger partial charge >= 0.3 is 0 Å². The van der Waals surface area contributed by atoms with Gasteiger partial charge in [0, 0.05) is 28.7 Å². The smallest absolute Gasteiger partial charge is 0.254 e. The van der Waals surface area contributed by atoms with Gasteiger partial charge in [-0.05, 0) is 41.8 Å². The number of H-pyrrole nitrogens is 1. The van der Waals surface area contributed by atoms with E-state index in [0.717, 1.165) is 23.2 Å². The molecule has 5 nitrogen and oxygen atoms in total. The molecule has 0 fully saturated rings. The fraction of sp³-hybridized carbons (Fsp3) is 0.160. The van der Waals surface area contributed by atoms with Crippen LogP contribution in [0.3, 0.4) is 0 Å². The van der Waals surface area contributed by atoms with Crippen LogP contribution in [0.15, 0.2) is 72.8 Å². The van der Waals surface area contributed by atoms with Crippen LogP contribution in [0.2, 0.25) is 0 Å². The number of aromatic nitrogens is 1. The van der Waals surface area contributed by atoms with Gasteiger partial charge in [0.1, 0.15) is 0 Å². The molecule has 1 amide bonds. The number of nitrogens with one attached hydrogen (secondary N) is 1. The highest BCUT2D eigenvalue weighted by Crippen LogP contribution is 2.40. The Morgan fingerprint density at radius 1 is 0.933 bits per heavy atom. The molecule has 1 N–H and O–H groups in total. The number of benzene rings is 3. The number of para-hydroxylation sites is 1. The van der Waals surface area contributed by atoms with Crippen molar-refractivity contribution in [3.05, 3.63) is 95.2 Å². The van der Waals surface area contributed by atoms with Gasteiger partial charge in [-0.25, -0.2) is 0 Å². The van der Waals surface area contributed by atoms with E-state index in [1.54, 1.807) is 6.07 Å². The third-order valence-corrected chi connectivity index (χ3v) is 6.03. The van der Waals surface area contributed by atoms with Gasteiger partial charge in [0.15, 0.2) is 11.5 Å². The number of fused-ring (bicyclic) bond motifs is 4. The second-order valence-corrected chi connectivity index (χ2v) is 7.69.